The molecule has 86 valence electrons. The van der Waals surface area contributed by atoms with Crippen LogP contribution in [0.15, 0.2) is 11.6 Å². The lowest BCUT2D eigenvalue weighted by atomic mass is 10.1. The highest BCUT2D eigenvalue weighted by molar-refractivity contribution is 4.97. The van der Waals surface area contributed by atoms with Gasteiger partial charge in [0.1, 0.15) is 0 Å². The Labute approximate surface area is 88.7 Å². The van der Waals surface area contributed by atoms with Gasteiger partial charge in [-0.2, -0.15) is 0 Å². The molecule has 0 heterocycles. The second-order valence-electron chi connectivity index (χ2n) is 3.36. The van der Waals surface area contributed by atoms with E-state index in [9.17, 15) is 0 Å². The van der Waals surface area contributed by atoms with E-state index in [1.807, 2.05) is 6.08 Å². The first-order valence-corrected chi connectivity index (χ1v) is 5.60. The molecule has 0 aliphatic rings. The number of hydrogen-bond donors (Lipinski definition) is 2. The van der Waals surface area contributed by atoms with Crippen molar-refractivity contribution in [1.82, 2.24) is 0 Å². The van der Waals surface area contributed by atoms with Crippen LogP contribution >= 0.6 is 0 Å². The highest BCUT2D eigenvalue weighted by Gasteiger charge is 1.89. The van der Waals surface area contributed by atoms with Crippen LogP contribution in [0, 0.1) is 0 Å². The van der Waals surface area contributed by atoms with Gasteiger partial charge < -0.3 is 10.2 Å². The average Bonchev–Trinajstić information content (AvgIpc) is 2.14. The lowest BCUT2D eigenvalue weighted by molar-refractivity contribution is 0.318. The normalized spacial score (nSPS) is 10.8. The van der Waals surface area contributed by atoms with Crippen LogP contribution in [0.2, 0.25) is 0 Å². The maximum atomic E-state index is 8.56. The Morgan fingerprint density at radius 1 is 1.07 bits per heavy atom. The summed E-state index contributed by atoms with van der Waals surface area (Å²) in [6.45, 7) is 6.43. The highest BCUT2D eigenvalue weighted by atomic mass is 16.3. The molecule has 0 aromatic carbocycles. The van der Waals surface area contributed by atoms with E-state index in [2.05, 4.69) is 13.8 Å². The number of allylic oxidation sites excluding steroid dienone is 1. The molecule has 2 N–H and O–H groups in total. The molecule has 0 aliphatic carbocycles. The van der Waals surface area contributed by atoms with Gasteiger partial charge in [0.15, 0.2) is 0 Å². The molecule has 0 aliphatic heterocycles. The van der Waals surface area contributed by atoms with Gasteiger partial charge in [0, 0.05) is 6.61 Å². The molecule has 0 aromatic heterocycles. The van der Waals surface area contributed by atoms with Crippen LogP contribution < -0.4 is 0 Å². The largest absolute Gasteiger partial charge is 0.397 e. The summed E-state index contributed by atoms with van der Waals surface area (Å²) in [6, 6.07) is 0. The smallest absolute Gasteiger partial charge is 0.0614 e. The zero-order chi connectivity index (χ0) is 11.2. The number of aliphatic hydroxyl groups is 2. The minimum atomic E-state index is 0.194. The Balaban J connectivity index is 0. The Bertz CT molecular complexity index is 119. The first kappa shape index (κ1) is 16.1. The molecule has 0 spiro atoms. The summed E-state index contributed by atoms with van der Waals surface area (Å²) in [5.41, 5.74) is 1.32. The van der Waals surface area contributed by atoms with Crippen molar-refractivity contribution in [2.45, 2.75) is 52.9 Å². The van der Waals surface area contributed by atoms with E-state index in [0.717, 1.165) is 6.42 Å². The fourth-order valence-corrected chi connectivity index (χ4v) is 1.09. The Kier molecular flexibility index (Phi) is 17.4. The summed E-state index contributed by atoms with van der Waals surface area (Å²) in [5.74, 6) is 0. The quantitative estimate of drug-likeness (QED) is 0.513. The van der Waals surface area contributed by atoms with E-state index in [0.29, 0.717) is 0 Å². The highest BCUT2D eigenvalue weighted by Crippen LogP contribution is 2.08. The van der Waals surface area contributed by atoms with Gasteiger partial charge in [0.2, 0.25) is 0 Å². The molecule has 0 saturated heterocycles. The molecule has 0 amide bonds. The molecule has 0 saturated carbocycles. The topological polar surface area (TPSA) is 40.5 Å². The standard InChI is InChI=1S/C10H20O.C2H6O/c1-3-4-5-6-7-10(2)8-9-11;1-2-3/h8,11H,3-7,9H2,1-2H3;3H,2H2,1H3/b10-8+;. The average molecular weight is 202 g/mol. The second-order valence-corrected chi connectivity index (χ2v) is 3.36. The van der Waals surface area contributed by atoms with Crippen molar-refractivity contribution in [2.75, 3.05) is 13.2 Å². The van der Waals surface area contributed by atoms with E-state index in [1.165, 1.54) is 31.3 Å². The molecule has 0 radical (unpaired) electrons. The minimum Gasteiger partial charge on any atom is -0.397 e. The summed E-state index contributed by atoms with van der Waals surface area (Å²) in [7, 11) is 0. The molecular formula is C12H26O2. The number of rotatable bonds is 6. The van der Waals surface area contributed by atoms with Crippen molar-refractivity contribution in [1.29, 1.82) is 0 Å². The monoisotopic (exact) mass is 202 g/mol. The fourth-order valence-electron chi connectivity index (χ4n) is 1.09. The zero-order valence-corrected chi connectivity index (χ0v) is 9.92. The first-order chi connectivity index (χ1) is 6.72. The summed E-state index contributed by atoms with van der Waals surface area (Å²) >= 11 is 0. The van der Waals surface area contributed by atoms with Gasteiger partial charge in [-0.25, -0.2) is 0 Å². The zero-order valence-electron chi connectivity index (χ0n) is 9.92. The Hall–Kier alpha value is -0.340. The Morgan fingerprint density at radius 2 is 1.64 bits per heavy atom. The van der Waals surface area contributed by atoms with Gasteiger partial charge in [0.05, 0.1) is 6.61 Å². The predicted molar refractivity (Wildman–Crippen MR) is 62.4 cm³/mol. The van der Waals surface area contributed by atoms with Crippen molar-refractivity contribution in [3.05, 3.63) is 11.6 Å². The fraction of sp³-hybridized carbons (Fsp3) is 0.833. The van der Waals surface area contributed by atoms with Gasteiger partial charge in [-0.15, -0.1) is 0 Å². The van der Waals surface area contributed by atoms with Crippen LogP contribution in [0.3, 0.4) is 0 Å². The van der Waals surface area contributed by atoms with Crippen LogP contribution in [0.5, 0.6) is 0 Å². The second kappa shape index (κ2) is 15.1. The Morgan fingerprint density at radius 3 is 2.07 bits per heavy atom. The molecule has 2 heteroatoms. The van der Waals surface area contributed by atoms with E-state index in [-0.39, 0.29) is 13.2 Å². The number of hydrogen-bond acceptors (Lipinski definition) is 2. The van der Waals surface area contributed by atoms with E-state index < -0.39 is 0 Å². The molecular weight excluding hydrogens is 176 g/mol. The van der Waals surface area contributed by atoms with Crippen LogP contribution in [-0.2, 0) is 0 Å². The lowest BCUT2D eigenvalue weighted by Gasteiger charge is -1.99. The summed E-state index contributed by atoms with van der Waals surface area (Å²) in [4.78, 5) is 0. The van der Waals surface area contributed by atoms with Gasteiger partial charge in [-0.05, 0) is 26.7 Å². The van der Waals surface area contributed by atoms with Crippen molar-refractivity contribution < 1.29 is 10.2 Å². The summed E-state index contributed by atoms with van der Waals surface area (Å²) < 4.78 is 0. The van der Waals surface area contributed by atoms with Gasteiger partial charge in [-0.3, -0.25) is 0 Å². The molecule has 2 nitrogen and oxygen atoms in total. The number of aliphatic hydroxyl groups excluding tert-OH is 2. The van der Waals surface area contributed by atoms with Crippen molar-refractivity contribution in [3.8, 4) is 0 Å². The lowest BCUT2D eigenvalue weighted by Crippen LogP contribution is -1.82. The SMILES string of the molecule is CCCCCC/C(C)=C/CO.CCO. The maximum Gasteiger partial charge on any atom is 0.0614 e. The van der Waals surface area contributed by atoms with Crippen LogP contribution in [0.25, 0.3) is 0 Å². The minimum absolute atomic E-state index is 0.194. The van der Waals surface area contributed by atoms with Crippen LogP contribution in [0.4, 0.5) is 0 Å². The van der Waals surface area contributed by atoms with Gasteiger partial charge >= 0.3 is 0 Å². The third kappa shape index (κ3) is 17.7. The summed E-state index contributed by atoms with van der Waals surface area (Å²) in [6.07, 6.45) is 8.28. The molecule has 0 aromatic rings. The van der Waals surface area contributed by atoms with E-state index in [1.54, 1.807) is 6.92 Å². The van der Waals surface area contributed by atoms with E-state index >= 15 is 0 Å². The maximum absolute atomic E-state index is 8.56. The van der Waals surface area contributed by atoms with Crippen LogP contribution in [-0.4, -0.2) is 23.4 Å². The molecule has 0 bridgehead atoms. The molecule has 14 heavy (non-hydrogen) atoms. The molecule has 0 rings (SSSR count). The first-order valence-electron chi connectivity index (χ1n) is 5.60. The molecule has 0 fully saturated rings. The van der Waals surface area contributed by atoms with Crippen molar-refractivity contribution in [3.63, 3.8) is 0 Å². The van der Waals surface area contributed by atoms with E-state index in [4.69, 9.17) is 10.2 Å². The molecule has 0 atom stereocenters. The third-order valence-electron chi connectivity index (χ3n) is 1.86. The van der Waals surface area contributed by atoms with Crippen LogP contribution in [0.1, 0.15) is 52.9 Å². The summed E-state index contributed by atoms with van der Waals surface area (Å²) in [5, 5.41) is 16.1. The van der Waals surface area contributed by atoms with Crippen molar-refractivity contribution >= 4 is 0 Å². The van der Waals surface area contributed by atoms with Crippen molar-refractivity contribution in [2.24, 2.45) is 0 Å². The van der Waals surface area contributed by atoms with Gasteiger partial charge in [-0.1, -0.05) is 37.8 Å². The molecule has 0 unspecified atom stereocenters. The van der Waals surface area contributed by atoms with Gasteiger partial charge in [0.25, 0.3) is 0 Å². The predicted octanol–water partition coefficient (Wildman–Crippen LogP) is 2.89. The number of unbranched alkanes of at least 4 members (excludes halogenated alkanes) is 3. The third-order valence-corrected chi connectivity index (χ3v) is 1.86.